The predicted molar refractivity (Wildman–Crippen MR) is 127 cm³/mol. The van der Waals surface area contributed by atoms with E-state index in [1.807, 2.05) is 0 Å². The Hall–Kier alpha value is -3.66. The molecule has 2 aromatic heterocycles. The lowest BCUT2D eigenvalue weighted by Gasteiger charge is -2.16. The fourth-order valence-electron chi connectivity index (χ4n) is 3.51. The van der Waals surface area contributed by atoms with Gasteiger partial charge in [0.2, 0.25) is 5.91 Å². The third-order valence-corrected chi connectivity index (χ3v) is 5.58. The van der Waals surface area contributed by atoms with Gasteiger partial charge in [0.15, 0.2) is 11.5 Å². The maximum atomic E-state index is 14.5. The number of primary amides is 1. The first kappa shape index (κ1) is 23.5. The van der Waals surface area contributed by atoms with Crippen LogP contribution < -0.4 is 17.3 Å². The normalized spacial score (nSPS) is 11.7. The lowest BCUT2D eigenvalue weighted by atomic mass is 10.1. The number of fused-ring (bicyclic) bond motifs is 1. The van der Waals surface area contributed by atoms with Crippen LogP contribution in [-0.2, 0) is 6.54 Å². The lowest BCUT2D eigenvalue weighted by molar-refractivity contribution is 0.1000. The third kappa shape index (κ3) is 4.67. The largest absolute Gasteiger partial charge is 0.396 e. The van der Waals surface area contributed by atoms with Crippen molar-refractivity contribution in [1.82, 2.24) is 14.4 Å². The quantitative estimate of drug-likeness (QED) is 0.268. The fourth-order valence-corrected chi connectivity index (χ4v) is 3.85. The van der Waals surface area contributed by atoms with Crippen molar-refractivity contribution < 1.29 is 13.6 Å². The molecular weight excluding hydrogens is 485 g/mol. The van der Waals surface area contributed by atoms with Crippen molar-refractivity contribution in [1.29, 1.82) is 0 Å². The highest BCUT2D eigenvalue weighted by Gasteiger charge is 2.20. The molecule has 34 heavy (non-hydrogen) atoms. The topological polar surface area (TPSA) is 116 Å². The molecule has 0 aliphatic carbocycles. The van der Waals surface area contributed by atoms with Crippen LogP contribution >= 0.6 is 23.2 Å². The zero-order chi connectivity index (χ0) is 24.6. The second-order valence-corrected chi connectivity index (χ2v) is 8.29. The minimum absolute atomic E-state index is 0.0917. The van der Waals surface area contributed by atoms with Gasteiger partial charge in [-0.2, -0.15) is 0 Å². The van der Waals surface area contributed by atoms with Gasteiger partial charge in [0.1, 0.15) is 5.82 Å². The van der Waals surface area contributed by atoms with Gasteiger partial charge < -0.3 is 16.5 Å². The van der Waals surface area contributed by atoms with Gasteiger partial charge in [-0.3, -0.25) is 9.20 Å². The number of carbonyl (C=O) groups is 1. The number of amides is 1. The van der Waals surface area contributed by atoms with Crippen molar-refractivity contribution in [3.8, 4) is 11.3 Å². The van der Waals surface area contributed by atoms with Crippen molar-refractivity contribution in [3.05, 3.63) is 99.4 Å². The van der Waals surface area contributed by atoms with Crippen molar-refractivity contribution in [2.75, 3.05) is 0 Å². The number of nitrogens with two attached hydrogens (primary N) is 3. The van der Waals surface area contributed by atoms with Crippen LogP contribution in [0.5, 0.6) is 0 Å². The van der Waals surface area contributed by atoms with E-state index in [2.05, 4.69) is 4.98 Å². The highest BCUT2D eigenvalue weighted by Crippen LogP contribution is 2.30. The van der Waals surface area contributed by atoms with Gasteiger partial charge in [0.25, 0.3) is 0 Å². The number of hydrazine groups is 1. The van der Waals surface area contributed by atoms with Crippen LogP contribution in [-0.4, -0.2) is 20.3 Å². The number of hydrogen-bond acceptors (Lipinski definition) is 5. The number of benzene rings is 2. The Balaban J connectivity index is 1.77. The second-order valence-electron chi connectivity index (χ2n) is 7.45. The van der Waals surface area contributed by atoms with E-state index in [0.29, 0.717) is 21.8 Å². The molecule has 11 heteroatoms. The van der Waals surface area contributed by atoms with E-state index in [9.17, 15) is 13.6 Å². The molecule has 4 rings (SSSR count). The van der Waals surface area contributed by atoms with Gasteiger partial charge in [0, 0.05) is 29.0 Å². The first-order valence-electron chi connectivity index (χ1n) is 9.84. The molecule has 0 unspecified atom stereocenters. The average molecular weight is 503 g/mol. The number of carbonyl (C=O) groups excluding carboxylic acids is 1. The maximum absolute atomic E-state index is 14.5. The second kappa shape index (κ2) is 9.30. The summed E-state index contributed by atoms with van der Waals surface area (Å²) in [5.41, 5.74) is 13.6. The summed E-state index contributed by atoms with van der Waals surface area (Å²) in [6.45, 7) is 0.133. The van der Waals surface area contributed by atoms with Crippen molar-refractivity contribution >= 4 is 40.5 Å². The van der Waals surface area contributed by atoms with Gasteiger partial charge in [-0.05, 0) is 29.8 Å². The molecule has 7 nitrogen and oxygen atoms in total. The molecule has 0 spiro atoms. The molecule has 2 heterocycles. The van der Waals surface area contributed by atoms with Crippen LogP contribution in [0.15, 0.2) is 60.9 Å². The highest BCUT2D eigenvalue weighted by atomic mass is 35.5. The van der Waals surface area contributed by atoms with Gasteiger partial charge in [-0.15, -0.1) is 0 Å². The lowest BCUT2D eigenvalue weighted by Crippen LogP contribution is -2.26. The highest BCUT2D eigenvalue weighted by molar-refractivity contribution is 6.33. The van der Waals surface area contributed by atoms with Crippen LogP contribution in [0.1, 0.15) is 21.6 Å². The molecule has 1 amide bonds. The third-order valence-electron chi connectivity index (χ3n) is 5.00. The number of aromatic nitrogens is 2. The number of imidazole rings is 1. The summed E-state index contributed by atoms with van der Waals surface area (Å²) in [7, 11) is 0. The van der Waals surface area contributed by atoms with Gasteiger partial charge in [-0.25, -0.2) is 19.6 Å². The Labute approximate surface area is 203 Å². The maximum Gasteiger partial charge on any atom is 0.250 e. The Kier molecular flexibility index (Phi) is 6.43. The number of rotatable bonds is 6. The molecule has 6 N–H and O–H groups in total. The predicted octanol–water partition coefficient (Wildman–Crippen LogP) is 4.32. The molecule has 0 bridgehead atoms. The van der Waals surface area contributed by atoms with Crippen LogP contribution in [0.2, 0.25) is 10.0 Å². The summed E-state index contributed by atoms with van der Waals surface area (Å²) in [4.78, 5) is 15.9. The number of nitrogens with zero attached hydrogens (tertiary/aromatic N) is 3. The first-order chi connectivity index (χ1) is 16.1. The first-order valence-corrected chi connectivity index (χ1v) is 10.6. The van der Waals surface area contributed by atoms with Crippen LogP contribution in [0.25, 0.3) is 22.6 Å². The van der Waals surface area contributed by atoms with Gasteiger partial charge in [0.05, 0.1) is 34.2 Å². The van der Waals surface area contributed by atoms with Gasteiger partial charge >= 0.3 is 0 Å². The Morgan fingerprint density at radius 3 is 2.47 bits per heavy atom. The van der Waals surface area contributed by atoms with E-state index in [-0.39, 0.29) is 34.2 Å². The summed E-state index contributed by atoms with van der Waals surface area (Å²) in [5, 5.41) is 1.97. The molecule has 174 valence electrons. The molecule has 0 saturated carbocycles. The molecule has 0 aliphatic heterocycles. The summed E-state index contributed by atoms with van der Waals surface area (Å²) in [5.74, 6) is 3.80. The van der Waals surface area contributed by atoms with Crippen LogP contribution in [0.3, 0.4) is 0 Å². The molecular formula is C23H18Cl2F2N6O. The van der Waals surface area contributed by atoms with Crippen LogP contribution in [0, 0.1) is 11.6 Å². The van der Waals surface area contributed by atoms with E-state index in [1.165, 1.54) is 27.7 Å². The molecule has 0 aliphatic rings. The van der Waals surface area contributed by atoms with Gasteiger partial charge in [-0.1, -0.05) is 41.4 Å². The zero-order valence-corrected chi connectivity index (χ0v) is 19.0. The molecule has 2 aromatic carbocycles. The molecule has 0 radical (unpaired) electrons. The van der Waals surface area contributed by atoms with Crippen molar-refractivity contribution in [3.63, 3.8) is 0 Å². The molecule has 0 saturated heterocycles. The van der Waals surface area contributed by atoms with E-state index in [0.717, 1.165) is 12.3 Å². The number of hydrogen-bond donors (Lipinski definition) is 3. The minimum atomic E-state index is -0.848. The van der Waals surface area contributed by atoms with E-state index >= 15 is 0 Å². The van der Waals surface area contributed by atoms with Crippen LogP contribution in [0.4, 0.5) is 8.78 Å². The Morgan fingerprint density at radius 2 is 1.79 bits per heavy atom. The van der Waals surface area contributed by atoms with E-state index < -0.39 is 17.5 Å². The number of pyridine rings is 1. The zero-order valence-electron chi connectivity index (χ0n) is 17.5. The van der Waals surface area contributed by atoms with Crippen molar-refractivity contribution in [2.24, 2.45) is 17.3 Å². The summed E-state index contributed by atoms with van der Waals surface area (Å²) in [6.07, 6.45) is 2.48. The van der Waals surface area contributed by atoms with E-state index in [1.54, 1.807) is 30.3 Å². The smallest absolute Gasteiger partial charge is 0.250 e. The standard InChI is InChI=1S/C23H18Cl2F2N6O/c24-14-4-2-13(3-5-14)20-21(33-10-15(26)8-18(27)23(33)31-20)19(28)11-32(30)9-12-1-6-17(25)16(7-12)22(29)34/h1-8,10-11H,9,28,30H2,(H2,29,34)/b19-11-. The fraction of sp³-hybridized carbons (Fsp3) is 0.0435. The van der Waals surface area contributed by atoms with Crippen molar-refractivity contribution in [2.45, 2.75) is 6.54 Å². The monoisotopic (exact) mass is 502 g/mol. The molecule has 0 fully saturated rings. The molecule has 0 atom stereocenters. The summed E-state index contributed by atoms with van der Waals surface area (Å²) < 4.78 is 29.7. The SMILES string of the molecule is NC(=O)c1cc(CN(N)/C=C(\N)c2c(-c3ccc(Cl)cc3)nc3c(F)cc(F)cn23)ccc1Cl. The molecule has 4 aromatic rings. The summed E-state index contributed by atoms with van der Waals surface area (Å²) in [6, 6.07) is 12.1. The Morgan fingerprint density at radius 1 is 1.09 bits per heavy atom. The minimum Gasteiger partial charge on any atom is -0.396 e. The number of halogens is 4. The van der Waals surface area contributed by atoms with E-state index in [4.69, 9.17) is 40.5 Å². The summed E-state index contributed by atoms with van der Waals surface area (Å²) >= 11 is 12.0. The average Bonchev–Trinajstić information content (AvgIpc) is 3.15. The Bertz CT molecular complexity index is 1440.